The summed E-state index contributed by atoms with van der Waals surface area (Å²) in [4.78, 5) is 0. The largest absolute Gasteiger partial charge is 0.377 e. The minimum absolute atomic E-state index is 0.420. The van der Waals surface area contributed by atoms with Crippen LogP contribution in [0.2, 0.25) is 5.02 Å². The molecular formula is C17H16ClN3OS. The first-order chi connectivity index (χ1) is 11.3. The highest BCUT2D eigenvalue weighted by Crippen LogP contribution is 2.26. The summed E-state index contributed by atoms with van der Waals surface area (Å²) in [6.45, 7) is 0.420. The highest BCUT2D eigenvalue weighted by Gasteiger charge is 2.14. The molecule has 0 aliphatic heterocycles. The van der Waals surface area contributed by atoms with Crippen molar-refractivity contribution in [3.63, 3.8) is 0 Å². The lowest BCUT2D eigenvalue weighted by molar-refractivity contribution is 0.176. The van der Waals surface area contributed by atoms with Crippen molar-refractivity contribution >= 4 is 23.4 Å². The van der Waals surface area contributed by atoms with Gasteiger partial charge in [0.25, 0.3) is 0 Å². The maximum atomic E-state index is 5.93. The van der Waals surface area contributed by atoms with Crippen LogP contribution in [0.25, 0.3) is 5.69 Å². The Balaban J connectivity index is 1.85. The zero-order chi connectivity index (χ0) is 16.1. The van der Waals surface area contributed by atoms with Crippen LogP contribution >= 0.6 is 23.4 Å². The number of nitrogens with zero attached hydrogens (tertiary/aromatic N) is 3. The second kappa shape index (κ2) is 7.64. The van der Waals surface area contributed by atoms with Crippen molar-refractivity contribution in [2.45, 2.75) is 17.5 Å². The van der Waals surface area contributed by atoms with Crippen molar-refractivity contribution in [3.05, 3.63) is 71.0 Å². The molecule has 0 fully saturated rings. The maximum Gasteiger partial charge on any atom is 0.196 e. The SMILES string of the molecule is COCc1nnc(SCc2ccc(Cl)cc2)n1-c1ccccc1. The van der Waals surface area contributed by atoms with E-state index >= 15 is 0 Å². The molecule has 0 aliphatic carbocycles. The Morgan fingerprint density at radius 1 is 1.04 bits per heavy atom. The lowest BCUT2D eigenvalue weighted by Crippen LogP contribution is -2.03. The number of hydrogen-bond donors (Lipinski definition) is 0. The van der Waals surface area contributed by atoms with Gasteiger partial charge >= 0.3 is 0 Å². The Labute approximate surface area is 144 Å². The molecule has 0 aliphatic rings. The van der Waals surface area contributed by atoms with Crippen LogP contribution in [0.5, 0.6) is 0 Å². The highest BCUT2D eigenvalue weighted by molar-refractivity contribution is 7.98. The highest BCUT2D eigenvalue weighted by atomic mass is 35.5. The zero-order valence-corrected chi connectivity index (χ0v) is 14.2. The Bertz CT molecular complexity index is 759. The first kappa shape index (κ1) is 16.1. The van der Waals surface area contributed by atoms with E-state index in [0.717, 1.165) is 27.4 Å². The molecule has 0 saturated carbocycles. The molecule has 0 spiro atoms. The summed E-state index contributed by atoms with van der Waals surface area (Å²) in [5.74, 6) is 1.59. The van der Waals surface area contributed by atoms with Gasteiger partial charge < -0.3 is 4.74 Å². The Kier molecular flexibility index (Phi) is 5.33. The van der Waals surface area contributed by atoms with E-state index in [0.29, 0.717) is 6.61 Å². The quantitative estimate of drug-likeness (QED) is 0.622. The summed E-state index contributed by atoms with van der Waals surface area (Å²) in [5.41, 5.74) is 2.22. The number of rotatable bonds is 6. The van der Waals surface area contributed by atoms with Gasteiger partial charge in [0.1, 0.15) is 6.61 Å². The Morgan fingerprint density at radius 3 is 2.48 bits per heavy atom. The third kappa shape index (κ3) is 3.93. The number of benzene rings is 2. The van der Waals surface area contributed by atoms with Gasteiger partial charge in [0.05, 0.1) is 0 Å². The fraction of sp³-hybridized carbons (Fsp3) is 0.176. The van der Waals surface area contributed by atoms with Crippen molar-refractivity contribution in [3.8, 4) is 5.69 Å². The average Bonchev–Trinajstić information content (AvgIpc) is 2.98. The molecule has 0 atom stereocenters. The molecule has 0 amide bonds. The lowest BCUT2D eigenvalue weighted by atomic mass is 10.2. The number of hydrogen-bond acceptors (Lipinski definition) is 4. The molecule has 2 aromatic carbocycles. The van der Waals surface area contributed by atoms with Gasteiger partial charge in [-0.1, -0.05) is 53.7 Å². The minimum atomic E-state index is 0.420. The second-order valence-corrected chi connectivity index (χ2v) is 6.30. The molecule has 4 nitrogen and oxygen atoms in total. The number of ether oxygens (including phenoxy) is 1. The lowest BCUT2D eigenvalue weighted by Gasteiger charge is -2.09. The zero-order valence-electron chi connectivity index (χ0n) is 12.6. The summed E-state index contributed by atoms with van der Waals surface area (Å²) in [6.07, 6.45) is 0. The van der Waals surface area contributed by atoms with E-state index in [2.05, 4.69) is 10.2 Å². The van der Waals surface area contributed by atoms with Gasteiger partial charge in [-0.15, -0.1) is 10.2 Å². The van der Waals surface area contributed by atoms with E-state index in [1.165, 1.54) is 5.56 Å². The monoisotopic (exact) mass is 345 g/mol. The summed E-state index contributed by atoms with van der Waals surface area (Å²) >= 11 is 7.56. The second-order valence-electron chi connectivity index (χ2n) is 4.92. The van der Waals surface area contributed by atoms with Crippen molar-refractivity contribution < 1.29 is 4.74 Å². The fourth-order valence-electron chi connectivity index (χ4n) is 2.18. The van der Waals surface area contributed by atoms with Crippen molar-refractivity contribution in [2.75, 3.05) is 7.11 Å². The van der Waals surface area contributed by atoms with Crippen LogP contribution in [0, 0.1) is 0 Å². The molecule has 1 aromatic heterocycles. The summed E-state index contributed by atoms with van der Waals surface area (Å²) in [5, 5.41) is 10.2. The van der Waals surface area contributed by atoms with Crippen LogP contribution in [0.1, 0.15) is 11.4 Å². The van der Waals surface area contributed by atoms with E-state index in [1.807, 2.05) is 59.2 Å². The molecule has 0 unspecified atom stereocenters. The smallest absolute Gasteiger partial charge is 0.196 e. The van der Waals surface area contributed by atoms with E-state index in [9.17, 15) is 0 Å². The van der Waals surface area contributed by atoms with Crippen molar-refractivity contribution in [1.82, 2.24) is 14.8 Å². The summed E-state index contributed by atoms with van der Waals surface area (Å²) < 4.78 is 7.26. The predicted molar refractivity (Wildman–Crippen MR) is 93.1 cm³/mol. The van der Waals surface area contributed by atoms with E-state index < -0.39 is 0 Å². The molecule has 3 aromatic rings. The number of para-hydroxylation sites is 1. The molecule has 6 heteroatoms. The number of methoxy groups -OCH3 is 1. The molecule has 3 rings (SSSR count). The van der Waals surface area contributed by atoms with Gasteiger partial charge in [-0.25, -0.2) is 0 Å². The first-order valence-electron chi connectivity index (χ1n) is 7.14. The first-order valence-corrected chi connectivity index (χ1v) is 8.50. The molecule has 0 saturated heterocycles. The standard InChI is InChI=1S/C17H16ClN3OS/c1-22-11-16-19-20-17(21(16)15-5-3-2-4-6-15)23-12-13-7-9-14(18)10-8-13/h2-10H,11-12H2,1H3. The summed E-state index contributed by atoms with van der Waals surface area (Å²) in [6, 6.07) is 17.9. The average molecular weight is 346 g/mol. The molecule has 0 radical (unpaired) electrons. The molecular weight excluding hydrogens is 330 g/mol. The Hall–Kier alpha value is -1.82. The van der Waals surface area contributed by atoms with E-state index in [-0.39, 0.29) is 0 Å². The van der Waals surface area contributed by atoms with Crippen molar-refractivity contribution in [1.29, 1.82) is 0 Å². The van der Waals surface area contributed by atoms with Gasteiger partial charge in [-0.2, -0.15) is 0 Å². The van der Waals surface area contributed by atoms with Gasteiger partial charge in [-0.3, -0.25) is 4.57 Å². The minimum Gasteiger partial charge on any atom is -0.377 e. The molecule has 23 heavy (non-hydrogen) atoms. The van der Waals surface area contributed by atoms with Crippen LogP contribution in [-0.2, 0) is 17.1 Å². The molecule has 118 valence electrons. The number of aromatic nitrogens is 3. The fourth-order valence-corrected chi connectivity index (χ4v) is 3.23. The maximum absolute atomic E-state index is 5.93. The molecule has 1 heterocycles. The van der Waals surface area contributed by atoms with Crippen LogP contribution in [0.4, 0.5) is 0 Å². The van der Waals surface area contributed by atoms with Crippen LogP contribution < -0.4 is 0 Å². The van der Waals surface area contributed by atoms with Gasteiger partial charge in [-0.05, 0) is 29.8 Å². The van der Waals surface area contributed by atoms with Crippen LogP contribution in [-0.4, -0.2) is 21.9 Å². The van der Waals surface area contributed by atoms with Gasteiger partial charge in [0.15, 0.2) is 11.0 Å². The number of halogens is 1. The van der Waals surface area contributed by atoms with E-state index in [1.54, 1.807) is 18.9 Å². The topological polar surface area (TPSA) is 39.9 Å². The number of thioether (sulfide) groups is 1. The van der Waals surface area contributed by atoms with Gasteiger partial charge in [0, 0.05) is 23.6 Å². The normalized spacial score (nSPS) is 10.9. The summed E-state index contributed by atoms with van der Waals surface area (Å²) in [7, 11) is 1.66. The molecule has 0 N–H and O–H groups in total. The van der Waals surface area contributed by atoms with Crippen molar-refractivity contribution in [2.24, 2.45) is 0 Å². The third-order valence-corrected chi connectivity index (χ3v) is 4.52. The van der Waals surface area contributed by atoms with Crippen LogP contribution in [0.15, 0.2) is 59.8 Å². The van der Waals surface area contributed by atoms with Crippen LogP contribution in [0.3, 0.4) is 0 Å². The van der Waals surface area contributed by atoms with Gasteiger partial charge in [0.2, 0.25) is 0 Å². The predicted octanol–water partition coefficient (Wildman–Crippen LogP) is 4.36. The van der Waals surface area contributed by atoms with E-state index in [4.69, 9.17) is 16.3 Å². The Morgan fingerprint density at radius 2 is 1.78 bits per heavy atom. The third-order valence-electron chi connectivity index (χ3n) is 3.27. The molecule has 0 bridgehead atoms.